The second-order valence-corrected chi connectivity index (χ2v) is 6.81. The maximum atomic E-state index is 12.3. The van der Waals surface area contributed by atoms with Gasteiger partial charge in [-0.3, -0.25) is 4.79 Å². The molecule has 4 rings (SSSR count). The van der Waals surface area contributed by atoms with E-state index in [1.165, 1.54) is 0 Å². The standard InChI is InChI=1S/C17H18BrN3O4/c18-14-4-3-13(25-14)16(22)20-15-12(2-1-7-19-15)21-8-5-17(6-9-21)23-10-11-24-17/h1-4,7H,5-6,8-11H2,(H,19,20,22). The summed E-state index contributed by atoms with van der Waals surface area (Å²) < 4.78 is 17.3. The molecular weight excluding hydrogens is 390 g/mol. The van der Waals surface area contributed by atoms with Crippen molar-refractivity contribution in [3.63, 3.8) is 0 Å². The van der Waals surface area contributed by atoms with Gasteiger partial charge in [-0.1, -0.05) is 0 Å². The number of carbonyl (C=O) groups is 1. The number of furan rings is 1. The van der Waals surface area contributed by atoms with Crippen molar-refractivity contribution in [2.45, 2.75) is 18.6 Å². The van der Waals surface area contributed by atoms with Crippen LogP contribution in [0.2, 0.25) is 0 Å². The Labute approximate surface area is 153 Å². The van der Waals surface area contributed by atoms with E-state index < -0.39 is 5.79 Å². The number of anilines is 2. The van der Waals surface area contributed by atoms with Crippen molar-refractivity contribution in [3.8, 4) is 0 Å². The fourth-order valence-electron chi connectivity index (χ4n) is 3.23. The van der Waals surface area contributed by atoms with Gasteiger partial charge in [0.05, 0.1) is 18.9 Å². The summed E-state index contributed by atoms with van der Waals surface area (Å²) in [6.07, 6.45) is 3.24. The number of hydrogen-bond acceptors (Lipinski definition) is 6. The molecule has 0 radical (unpaired) electrons. The van der Waals surface area contributed by atoms with Crippen LogP contribution in [0.15, 0.2) is 39.5 Å². The number of amides is 1. The molecule has 2 aromatic heterocycles. The van der Waals surface area contributed by atoms with Crippen LogP contribution in [0.1, 0.15) is 23.4 Å². The molecule has 0 atom stereocenters. The van der Waals surface area contributed by atoms with E-state index in [1.807, 2.05) is 12.1 Å². The number of hydrogen-bond donors (Lipinski definition) is 1. The lowest BCUT2D eigenvalue weighted by Gasteiger charge is -2.39. The lowest BCUT2D eigenvalue weighted by Crippen LogP contribution is -2.45. The van der Waals surface area contributed by atoms with Crippen LogP contribution in [0.3, 0.4) is 0 Å². The summed E-state index contributed by atoms with van der Waals surface area (Å²) in [6, 6.07) is 7.11. The monoisotopic (exact) mass is 407 g/mol. The fraction of sp³-hybridized carbons (Fsp3) is 0.412. The predicted molar refractivity (Wildman–Crippen MR) is 94.7 cm³/mol. The second-order valence-electron chi connectivity index (χ2n) is 6.02. The SMILES string of the molecule is O=C(Nc1ncccc1N1CCC2(CC1)OCCO2)c1ccc(Br)o1. The van der Waals surface area contributed by atoms with Gasteiger partial charge in [0.2, 0.25) is 0 Å². The molecule has 2 aliphatic rings. The van der Waals surface area contributed by atoms with Gasteiger partial charge in [0, 0.05) is 32.1 Å². The first-order valence-electron chi connectivity index (χ1n) is 8.20. The molecule has 2 saturated heterocycles. The van der Waals surface area contributed by atoms with Gasteiger partial charge in [-0.15, -0.1) is 0 Å². The van der Waals surface area contributed by atoms with Crippen LogP contribution >= 0.6 is 15.9 Å². The molecule has 0 bridgehead atoms. The van der Waals surface area contributed by atoms with Crippen LogP contribution in [-0.2, 0) is 9.47 Å². The zero-order valence-electron chi connectivity index (χ0n) is 13.5. The van der Waals surface area contributed by atoms with Crippen LogP contribution < -0.4 is 10.2 Å². The van der Waals surface area contributed by atoms with Crippen molar-refractivity contribution in [1.82, 2.24) is 4.98 Å². The number of ether oxygens (including phenoxy) is 2. The van der Waals surface area contributed by atoms with Gasteiger partial charge in [-0.25, -0.2) is 4.98 Å². The lowest BCUT2D eigenvalue weighted by molar-refractivity contribution is -0.169. The Hall–Kier alpha value is -1.90. The van der Waals surface area contributed by atoms with Crippen LogP contribution in [0, 0.1) is 0 Å². The van der Waals surface area contributed by atoms with Gasteiger partial charge >= 0.3 is 0 Å². The second kappa shape index (κ2) is 6.78. The molecular formula is C17H18BrN3O4. The molecule has 1 N–H and O–H groups in total. The smallest absolute Gasteiger partial charge is 0.292 e. The largest absolute Gasteiger partial charge is 0.444 e. The highest BCUT2D eigenvalue weighted by Crippen LogP contribution is 2.35. The van der Waals surface area contributed by atoms with E-state index >= 15 is 0 Å². The van der Waals surface area contributed by atoms with Crippen molar-refractivity contribution >= 4 is 33.3 Å². The molecule has 1 spiro atoms. The number of halogens is 1. The summed E-state index contributed by atoms with van der Waals surface area (Å²) in [7, 11) is 0. The average molecular weight is 408 g/mol. The van der Waals surface area contributed by atoms with Gasteiger partial charge in [0.25, 0.3) is 5.91 Å². The number of nitrogens with zero attached hydrogens (tertiary/aromatic N) is 2. The minimum absolute atomic E-state index is 0.230. The van der Waals surface area contributed by atoms with Crippen molar-refractivity contribution < 1.29 is 18.7 Å². The molecule has 2 aliphatic heterocycles. The van der Waals surface area contributed by atoms with Gasteiger partial charge in [0.1, 0.15) is 0 Å². The highest BCUT2D eigenvalue weighted by Gasteiger charge is 2.40. The number of piperidine rings is 1. The molecule has 0 unspecified atom stereocenters. The van der Waals surface area contributed by atoms with Crippen molar-refractivity contribution in [2.24, 2.45) is 0 Å². The van der Waals surface area contributed by atoms with Crippen LogP contribution in [0.4, 0.5) is 11.5 Å². The molecule has 0 saturated carbocycles. The minimum Gasteiger partial charge on any atom is -0.444 e. The van der Waals surface area contributed by atoms with Crippen molar-refractivity contribution in [3.05, 3.63) is 40.9 Å². The zero-order chi connectivity index (χ0) is 17.3. The molecule has 132 valence electrons. The summed E-state index contributed by atoms with van der Waals surface area (Å²) in [4.78, 5) is 18.9. The van der Waals surface area contributed by atoms with Gasteiger partial charge in [-0.05, 0) is 40.2 Å². The van der Waals surface area contributed by atoms with E-state index in [-0.39, 0.29) is 11.7 Å². The predicted octanol–water partition coefficient (Wildman–Crippen LogP) is 3.03. The maximum Gasteiger partial charge on any atom is 0.292 e. The molecule has 0 aromatic carbocycles. The van der Waals surface area contributed by atoms with Gasteiger partial charge in [0.15, 0.2) is 22.0 Å². The Balaban J connectivity index is 1.48. The number of carbonyl (C=O) groups excluding carboxylic acids is 1. The Bertz CT molecular complexity index is 763. The first-order chi connectivity index (χ1) is 12.2. The zero-order valence-corrected chi connectivity index (χ0v) is 15.1. The highest BCUT2D eigenvalue weighted by atomic mass is 79.9. The molecule has 4 heterocycles. The third-order valence-corrected chi connectivity index (χ3v) is 4.92. The third-order valence-electron chi connectivity index (χ3n) is 4.49. The number of rotatable bonds is 3. The maximum absolute atomic E-state index is 12.3. The summed E-state index contributed by atoms with van der Waals surface area (Å²) in [5.74, 6) is -0.0117. The summed E-state index contributed by atoms with van der Waals surface area (Å²) in [5, 5.41) is 2.83. The Kier molecular flexibility index (Phi) is 4.49. The Morgan fingerprint density at radius 2 is 1.96 bits per heavy atom. The van der Waals surface area contributed by atoms with Crippen molar-refractivity contribution in [1.29, 1.82) is 0 Å². The fourth-order valence-corrected chi connectivity index (χ4v) is 3.53. The van der Waals surface area contributed by atoms with Gasteiger partial charge < -0.3 is 24.1 Å². The Morgan fingerprint density at radius 1 is 1.20 bits per heavy atom. The first kappa shape index (κ1) is 16.6. The Morgan fingerprint density at radius 3 is 2.64 bits per heavy atom. The molecule has 1 amide bonds. The molecule has 8 heteroatoms. The number of nitrogens with one attached hydrogen (secondary N) is 1. The molecule has 25 heavy (non-hydrogen) atoms. The van der Waals surface area contributed by atoms with E-state index in [2.05, 4.69) is 31.1 Å². The number of pyridine rings is 1. The topological polar surface area (TPSA) is 76.8 Å². The third kappa shape index (κ3) is 3.42. The highest BCUT2D eigenvalue weighted by molar-refractivity contribution is 9.10. The average Bonchev–Trinajstić information content (AvgIpc) is 3.26. The van der Waals surface area contributed by atoms with E-state index in [4.69, 9.17) is 13.9 Å². The van der Waals surface area contributed by atoms with E-state index in [1.54, 1.807) is 18.3 Å². The van der Waals surface area contributed by atoms with Crippen LogP contribution in [0.25, 0.3) is 0 Å². The van der Waals surface area contributed by atoms with Crippen LogP contribution in [-0.4, -0.2) is 43.0 Å². The van der Waals surface area contributed by atoms with E-state index in [0.717, 1.165) is 31.6 Å². The quantitative estimate of drug-likeness (QED) is 0.842. The van der Waals surface area contributed by atoms with Gasteiger partial charge in [-0.2, -0.15) is 0 Å². The summed E-state index contributed by atoms with van der Waals surface area (Å²) in [6.45, 7) is 2.88. The summed E-state index contributed by atoms with van der Waals surface area (Å²) >= 11 is 3.20. The van der Waals surface area contributed by atoms with Crippen LogP contribution in [0.5, 0.6) is 0 Å². The minimum atomic E-state index is -0.428. The first-order valence-corrected chi connectivity index (χ1v) is 8.99. The lowest BCUT2D eigenvalue weighted by atomic mass is 10.0. The van der Waals surface area contributed by atoms with E-state index in [9.17, 15) is 4.79 Å². The van der Waals surface area contributed by atoms with E-state index in [0.29, 0.717) is 23.7 Å². The number of aromatic nitrogens is 1. The summed E-state index contributed by atoms with van der Waals surface area (Å²) in [5.41, 5.74) is 0.884. The molecule has 2 aromatic rings. The molecule has 7 nitrogen and oxygen atoms in total. The normalized spacial score (nSPS) is 19.3. The van der Waals surface area contributed by atoms with Crippen molar-refractivity contribution in [2.75, 3.05) is 36.5 Å². The molecule has 0 aliphatic carbocycles. The molecule has 2 fully saturated rings.